The third-order valence-electron chi connectivity index (χ3n) is 2.10. The first kappa shape index (κ1) is 10.2. The molecule has 74 valence electrons. The number of rotatable bonds is 3. The molecule has 1 rings (SSSR count). The predicted molar refractivity (Wildman–Crippen MR) is 47.2 cm³/mol. The lowest BCUT2D eigenvalue weighted by atomic mass is 9.99. The molecule has 0 aliphatic carbocycles. The largest absolute Gasteiger partial charge is 0.381 e. The molecule has 0 unspecified atom stereocenters. The van der Waals surface area contributed by atoms with E-state index in [0.717, 1.165) is 12.8 Å². The van der Waals surface area contributed by atoms with Crippen LogP contribution in [0.15, 0.2) is 0 Å². The molecule has 0 aromatic rings. The van der Waals surface area contributed by atoms with Gasteiger partial charge in [0.2, 0.25) is 5.91 Å². The number of hydrogen-bond acceptors (Lipinski definition) is 3. The van der Waals surface area contributed by atoms with Crippen LogP contribution in [0.1, 0.15) is 19.8 Å². The van der Waals surface area contributed by atoms with Crippen LogP contribution in [0, 0.1) is 5.92 Å². The van der Waals surface area contributed by atoms with Gasteiger partial charge >= 0.3 is 0 Å². The Labute approximate surface area is 77.6 Å². The van der Waals surface area contributed by atoms with Crippen LogP contribution >= 0.6 is 0 Å². The van der Waals surface area contributed by atoms with E-state index in [1.807, 2.05) is 0 Å². The Hall–Kier alpha value is -0.900. The van der Waals surface area contributed by atoms with Gasteiger partial charge in [0.05, 0.1) is 6.54 Å². The maximum absolute atomic E-state index is 11.4. The molecule has 1 saturated heterocycles. The number of Topliss-reactive ketones (excluding diaryl/α,β-unsaturated/α-hetero) is 1. The monoisotopic (exact) mass is 185 g/mol. The van der Waals surface area contributed by atoms with Gasteiger partial charge in [0, 0.05) is 19.1 Å². The second kappa shape index (κ2) is 4.97. The number of nitrogens with one attached hydrogen (secondary N) is 1. The first-order valence-electron chi connectivity index (χ1n) is 4.55. The highest BCUT2D eigenvalue weighted by atomic mass is 16.5. The Bertz CT molecular complexity index is 197. The highest BCUT2D eigenvalue weighted by molar-refractivity contribution is 5.85. The summed E-state index contributed by atoms with van der Waals surface area (Å²) < 4.78 is 5.13. The van der Waals surface area contributed by atoms with Crippen molar-refractivity contribution in [2.24, 2.45) is 5.92 Å². The molecule has 0 aromatic heterocycles. The van der Waals surface area contributed by atoms with Gasteiger partial charge in [0.15, 0.2) is 0 Å². The van der Waals surface area contributed by atoms with Crippen LogP contribution in [0.5, 0.6) is 0 Å². The van der Waals surface area contributed by atoms with E-state index in [-0.39, 0.29) is 24.2 Å². The molecular formula is C9H15NO3. The van der Waals surface area contributed by atoms with Gasteiger partial charge in [-0.25, -0.2) is 0 Å². The molecule has 4 nitrogen and oxygen atoms in total. The number of ketones is 1. The number of ether oxygens (including phenoxy) is 1. The Morgan fingerprint density at radius 1 is 1.38 bits per heavy atom. The summed E-state index contributed by atoms with van der Waals surface area (Å²) in [7, 11) is 0. The summed E-state index contributed by atoms with van der Waals surface area (Å²) in [6.07, 6.45) is 1.54. The summed E-state index contributed by atoms with van der Waals surface area (Å²) in [4.78, 5) is 22.0. The van der Waals surface area contributed by atoms with Crippen molar-refractivity contribution in [2.45, 2.75) is 19.8 Å². The van der Waals surface area contributed by atoms with E-state index in [0.29, 0.717) is 13.2 Å². The summed E-state index contributed by atoms with van der Waals surface area (Å²) in [5, 5.41) is 2.61. The van der Waals surface area contributed by atoms with E-state index < -0.39 is 0 Å². The van der Waals surface area contributed by atoms with Gasteiger partial charge < -0.3 is 10.1 Å². The zero-order valence-electron chi connectivity index (χ0n) is 7.84. The quantitative estimate of drug-likeness (QED) is 0.679. The molecule has 1 fully saturated rings. The fraction of sp³-hybridized carbons (Fsp3) is 0.778. The van der Waals surface area contributed by atoms with Crippen LogP contribution in [-0.2, 0) is 14.3 Å². The van der Waals surface area contributed by atoms with Crippen molar-refractivity contribution >= 4 is 11.7 Å². The first-order chi connectivity index (χ1) is 6.20. The molecule has 4 heteroatoms. The van der Waals surface area contributed by atoms with Gasteiger partial charge in [-0.1, -0.05) is 0 Å². The minimum atomic E-state index is -0.0153. The van der Waals surface area contributed by atoms with Crippen LogP contribution in [0.25, 0.3) is 0 Å². The maximum Gasteiger partial charge on any atom is 0.223 e. The van der Waals surface area contributed by atoms with Crippen LogP contribution in [0.3, 0.4) is 0 Å². The average molecular weight is 185 g/mol. The van der Waals surface area contributed by atoms with Crippen molar-refractivity contribution in [1.82, 2.24) is 5.32 Å². The lowest BCUT2D eigenvalue weighted by Gasteiger charge is -2.20. The lowest BCUT2D eigenvalue weighted by Crippen LogP contribution is -2.36. The SMILES string of the molecule is CC(=O)CNC(=O)C1CCOCC1. The van der Waals surface area contributed by atoms with Gasteiger partial charge in [0.1, 0.15) is 5.78 Å². The third kappa shape index (κ3) is 3.55. The molecule has 1 amide bonds. The van der Waals surface area contributed by atoms with Gasteiger partial charge in [0.25, 0.3) is 0 Å². The van der Waals surface area contributed by atoms with Gasteiger partial charge in [-0.2, -0.15) is 0 Å². The number of amides is 1. The fourth-order valence-electron chi connectivity index (χ4n) is 1.32. The van der Waals surface area contributed by atoms with E-state index in [2.05, 4.69) is 5.32 Å². The molecule has 0 atom stereocenters. The van der Waals surface area contributed by atoms with Crippen LogP contribution in [-0.4, -0.2) is 31.4 Å². The van der Waals surface area contributed by atoms with Crippen molar-refractivity contribution < 1.29 is 14.3 Å². The predicted octanol–water partition coefficient (Wildman–Crippen LogP) is 0.118. The molecule has 1 N–H and O–H groups in total. The smallest absolute Gasteiger partial charge is 0.223 e. The fourth-order valence-corrected chi connectivity index (χ4v) is 1.32. The highest BCUT2D eigenvalue weighted by Gasteiger charge is 2.21. The lowest BCUT2D eigenvalue weighted by molar-refractivity contribution is -0.129. The number of carbonyl (C=O) groups excluding carboxylic acids is 2. The minimum absolute atomic E-state index is 0.0135. The summed E-state index contributed by atoms with van der Waals surface area (Å²) in [5.74, 6) is 0.00649. The Morgan fingerprint density at radius 2 is 2.00 bits per heavy atom. The van der Waals surface area contributed by atoms with Gasteiger partial charge in [-0.3, -0.25) is 9.59 Å². The summed E-state index contributed by atoms with van der Waals surface area (Å²) >= 11 is 0. The molecule has 13 heavy (non-hydrogen) atoms. The molecule has 1 aliphatic heterocycles. The van der Waals surface area contributed by atoms with Crippen molar-refractivity contribution in [3.05, 3.63) is 0 Å². The summed E-state index contributed by atoms with van der Waals surface area (Å²) in [6, 6.07) is 0. The Balaban J connectivity index is 2.25. The van der Waals surface area contributed by atoms with E-state index >= 15 is 0 Å². The normalized spacial score (nSPS) is 18.2. The maximum atomic E-state index is 11.4. The van der Waals surface area contributed by atoms with Crippen molar-refractivity contribution in [2.75, 3.05) is 19.8 Å². The topological polar surface area (TPSA) is 55.4 Å². The molecule has 0 aromatic carbocycles. The molecule has 1 aliphatic rings. The molecule has 0 radical (unpaired) electrons. The van der Waals surface area contributed by atoms with Gasteiger partial charge in [-0.05, 0) is 19.8 Å². The Kier molecular flexibility index (Phi) is 3.89. The highest BCUT2D eigenvalue weighted by Crippen LogP contribution is 2.14. The van der Waals surface area contributed by atoms with E-state index in [9.17, 15) is 9.59 Å². The van der Waals surface area contributed by atoms with Gasteiger partial charge in [-0.15, -0.1) is 0 Å². The van der Waals surface area contributed by atoms with E-state index in [4.69, 9.17) is 4.74 Å². The molecule has 1 heterocycles. The van der Waals surface area contributed by atoms with Crippen LogP contribution in [0.2, 0.25) is 0 Å². The number of hydrogen-bond donors (Lipinski definition) is 1. The number of carbonyl (C=O) groups is 2. The molecular weight excluding hydrogens is 170 g/mol. The second-order valence-corrected chi connectivity index (χ2v) is 3.31. The zero-order chi connectivity index (χ0) is 9.68. The molecule has 0 saturated carbocycles. The summed E-state index contributed by atoms with van der Waals surface area (Å²) in [6.45, 7) is 2.91. The van der Waals surface area contributed by atoms with Crippen molar-refractivity contribution in [3.8, 4) is 0 Å². The van der Waals surface area contributed by atoms with E-state index in [1.165, 1.54) is 6.92 Å². The minimum Gasteiger partial charge on any atom is -0.381 e. The van der Waals surface area contributed by atoms with Crippen LogP contribution in [0.4, 0.5) is 0 Å². The second-order valence-electron chi connectivity index (χ2n) is 3.31. The third-order valence-corrected chi connectivity index (χ3v) is 2.10. The van der Waals surface area contributed by atoms with E-state index in [1.54, 1.807) is 0 Å². The van der Waals surface area contributed by atoms with Crippen LogP contribution < -0.4 is 5.32 Å². The zero-order valence-corrected chi connectivity index (χ0v) is 7.84. The Morgan fingerprint density at radius 3 is 2.54 bits per heavy atom. The summed E-state index contributed by atoms with van der Waals surface area (Å²) in [5.41, 5.74) is 0. The standard InChI is InChI=1S/C9H15NO3/c1-7(11)6-10-9(12)8-2-4-13-5-3-8/h8H,2-6H2,1H3,(H,10,12). The van der Waals surface area contributed by atoms with Crippen molar-refractivity contribution in [3.63, 3.8) is 0 Å². The van der Waals surface area contributed by atoms with Crippen molar-refractivity contribution in [1.29, 1.82) is 0 Å². The first-order valence-corrected chi connectivity index (χ1v) is 4.55. The average Bonchev–Trinajstić information content (AvgIpc) is 2.15. The molecule has 0 bridgehead atoms. The molecule has 0 spiro atoms.